The van der Waals surface area contributed by atoms with E-state index in [0.29, 0.717) is 36.9 Å². The van der Waals surface area contributed by atoms with Crippen LogP contribution in [0.15, 0.2) is 47.4 Å². The first kappa shape index (κ1) is 21.7. The molecule has 0 aromatic heterocycles. The largest absolute Gasteiger partial charge is 0.379 e. The molecule has 8 nitrogen and oxygen atoms in total. The van der Waals surface area contributed by atoms with E-state index in [0.717, 1.165) is 5.56 Å². The molecule has 1 aliphatic heterocycles. The van der Waals surface area contributed by atoms with Crippen LogP contribution in [0.25, 0.3) is 0 Å². The van der Waals surface area contributed by atoms with Crippen molar-refractivity contribution < 1.29 is 18.1 Å². The second-order valence-electron chi connectivity index (χ2n) is 6.78. The normalized spacial score (nSPS) is 16.5. The van der Waals surface area contributed by atoms with Gasteiger partial charge in [0.25, 0.3) is 5.69 Å². The predicted molar refractivity (Wildman–Crippen MR) is 110 cm³/mol. The van der Waals surface area contributed by atoms with Crippen LogP contribution in [-0.2, 0) is 14.8 Å². The van der Waals surface area contributed by atoms with Gasteiger partial charge in [-0.15, -0.1) is 0 Å². The summed E-state index contributed by atoms with van der Waals surface area (Å²) < 4.78 is 33.8. The first-order valence-electron chi connectivity index (χ1n) is 9.10. The number of benzene rings is 2. The number of sulfonamides is 1. The SMILES string of the molecule is Cc1cc([N+](=O)[O-])ccc1S(=O)(=O)NCC(c1cccc(Cl)c1)N1CCOCC1. The number of halogens is 1. The Kier molecular flexibility index (Phi) is 6.86. The predicted octanol–water partition coefficient (Wildman–Crippen LogP) is 2.91. The molecule has 1 atom stereocenters. The van der Waals surface area contributed by atoms with Gasteiger partial charge in [0.15, 0.2) is 0 Å². The maximum absolute atomic E-state index is 12.9. The smallest absolute Gasteiger partial charge is 0.269 e. The summed E-state index contributed by atoms with van der Waals surface area (Å²) >= 11 is 6.14. The fraction of sp³-hybridized carbons (Fsp3) is 0.368. The topological polar surface area (TPSA) is 102 Å². The molecule has 1 unspecified atom stereocenters. The molecule has 156 valence electrons. The van der Waals surface area contributed by atoms with Crippen LogP contribution in [-0.4, -0.2) is 51.1 Å². The van der Waals surface area contributed by atoms with E-state index in [4.69, 9.17) is 16.3 Å². The van der Waals surface area contributed by atoms with Crippen LogP contribution in [0.5, 0.6) is 0 Å². The zero-order valence-electron chi connectivity index (χ0n) is 15.9. The first-order valence-corrected chi connectivity index (χ1v) is 11.0. The summed E-state index contributed by atoms with van der Waals surface area (Å²) in [7, 11) is -3.85. The molecule has 0 aliphatic carbocycles. The van der Waals surface area contributed by atoms with Crippen LogP contribution in [0.3, 0.4) is 0 Å². The maximum atomic E-state index is 12.9. The van der Waals surface area contributed by atoms with Crippen molar-refractivity contribution in [2.75, 3.05) is 32.8 Å². The zero-order chi connectivity index (χ0) is 21.0. The number of nitro groups is 1. The summed E-state index contributed by atoms with van der Waals surface area (Å²) in [6, 6.07) is 10.8. The standard InChI is InChI=1S/C19H22ClN3O5S/c1-14-11-17(23(24)25)5-6-19(14)29(26,27)21-13-18(22-7-9-28-10-8-22)15-3-2-4-16(20)12-15/h2-6,11-12,18,21H,7-10,13H2,1H3. The van der Waals surface area contributed by atoms with Gasteiger partial charge in [-0.2, -0.15) is 0 Å². The Labute approximate surface area is 174 Å². The number of morpholine rings is 1. The Morgan fingerprint density at radius 3 is 2.59 bits per heavy atom. The highest BCUT2D eigenvalue weighted by atomic mass is 35.5. The Morgan fingerprint density at radius 2 is 1.97 bits per heavy atom. The molecule has 0 spiro atoms. The molecule has 1 heterocycles. The third kappa shape index (κ3) is 5.31. The summed E-state index contributed by atoms with van der Waals surface area (Å²) in [4.78, 5) is 12.5. The van der Waals surface area contributed by atoms with E-state index in [2.05, 4.69) is 9.62 Å². The summed E-state index contributed by atoms with van der Waals surface area (Å²) in [5, 5.41) is 11.5. The molecular formula is C19H22ClN3O5S. The third-order valence-electron chi connectivity index (χ3n) is 4.85. The highest BCUT2D eigenvalue weighted by Crippen LogP contribution is 2.26. The second kappa shape index (κ2) is 9.19. The van der Waals surface area contributed by atoms with Crippen LogP contribution in [0.1, 0.15) is 17.2 Å². The number of ether oxygens (including phenoxy) is 1. The van der Waals surface area contributed by atoms with Gasteiger partial charge in [0.1, 0.15) is 0 Å². The molecule has 0 radical (unpaired) electrons. The number of rotatable bonds is 7. The highest BCUT2D eigenvalue weighted by Gasteiger charge is 2.26. The summed E-state index contributed by atoms with van der Waals surface area (Å²) in [5.41, 5.74) is 1.08. The summed E-state index contributed by atoms with van der Waals surface area (Å²) in [6.07, 6.45) is 0. The van der Waals surface area contributed by atoms with Gasteiger partial charge in [0, 0.05) is 42.8 Å². The van der Waals surface area contributed by atoms with Gasteiger partial charge in [-0.3, -0.25) is 15.0 Å². The molecule has 10 heteroatoms. The van der Waals surface area contributed by atoms with Crippen LogP contribution < -0.4 is 4.72 Å². The van der Waals surface area contributed by atoms with Crippen molar-refractivity contribution in [1.29, 1.82) is 0 Å². The molecule has 3 rings (SSSR count). The zero-order valence-corrected chi connectivity index (χ0v) is 17.4. The lowest BCUT2D eigenvalue weighted by atomic mass is 10.1. The van der Waals surface area contributed by atoms with Crippen molar-refractivity contribution in [3.8, 4) is 0 Å². The minimum Gasteiger partial charge on any atom is -0.379 e. The van der Waals surface area contributed by atoms with E-state index < -0.39 is 14.9 Å². The molecule has 2 aromatic rings. The minimum absolute atomic E-state index is 0.0231. The molecule has 29 heavy (non-hydrogen) atoms. The van der Waals surface area contributed by atoms with E-state index in [1.165, 1.54) is 25.1 Å². The maximum Gasteiger partial charge on any atom is 0.269 e. The van der Waals surface area contributed by atoms with E-state index in [9.17, 15) is 18.5 Å². The second-order valence-corrected chi connectivity index (χ2v) is 8.95. The van der Waals surface area contributed by atoms with Gasteiger partial charge in [0.2, 0.25) is 10.0 Å². The molecule has 1 saturated heterocycles. The van der Waals surface area contributed by atoms with Crippen LogP contribution in [0, 0.1) is 17.0 Å². The Morgan fingerprint density at radius 1 is 1.24 bits per heavy atom. The van der Waals surface area contributed by atoms with Gasteiger partial charge in [-0.05, 0) is 36.2 Å². The van der Waals surface area contributed by atoms with Crippen molar-refractivity contribution in [3.63, 3.8) is 0 Å². The molecule has 1 aliphatic rings. The number of nitrogens with zero attached hydrogens (tertiary/aromatic N) is 2. The van der Waals surface area contributed by atoms with Crippen molar-refractivity contribution in [1.82, 2.24) is 9.62 Å². The van der Waals surface area contributed by atoms with E-state index in [1.807, 2.05) is 18.2 Å². The average Bonchev–Trinajstić information content (AvgIpc) is 2.68. The number of hydrogen-bond donors (Lipinski definition) is 1. The minimum atomic E-state index is -3.85. The molecule has 0 saturated carbocycles. The first-order chi connectivity index (χ1) is 13.8. The lowest BCUT2D eigenvalue weighted by Gasteiger charge is -2.35. The van der Waals surface area contributed by atoms with Crippen LogP contribution >= 0.6 is 11.6 Å². The number of nitrogens with one attached hydrogen (secondary N) is 1. The lowest BCUT2D eigenvalue weighted by Crippen LogP contribution is -2.43. The van der Waals surface area contributed by atoms with Crippen LogP contribution in [0.4, 0.5) is 5.69 Å². The average molecular weight is 440 g/mol. The van der Waals surface area contributed by atoms with Gasteiger partial charge >= 0.3 is 0 Å². The van der Waals surface area contributed by atoms with Crippen LogP contribution in [0.2, 0.25) is 5.02 Å². The molecular weight excluding hydrogens is 418 g/mol. The van der Waals surface area contributed by atoms with Crippen molar-refractivity contribution in [2.45, 2.75) is 17.9 Å². The number of hydrogen-bond acceptors (Lipinski definition) is 6. The van der Waals surface area contributed by atoms with Crippen molar-refractivity contribution in [2.24, 2.45) is 0 Å². The molecule has 0 amide bonds. The third-order valence-corrected chi connectivity index (χ3v) is 6.66. The summed E-state index contributed by atoms with van der Waals surface area (Å²) in [6.45, 7) is 4.18. The van der Waals surface area contributed by atoms with Gasteiger partial charge in [-0.1, -0.05) is 23.7 Å². The Balaban J connectivity index is 1.83. The van der Waals surface area contributed by atoms with E-state index >= 15 is 0 Å². The van der Waals surface area contributed by atoms with Crippen molar-refractivity contribution in [3.05, 3.63) is 68.7 Å². The Hall–Kier alpha value is -2.04. The molecule has 0 bridgehead atoms. The molecule has 1 N–H and O–H groups in total. The fourth-order valence-electron chi connectivity index (χ4n) is 3.38. The van der Waals surface area contributed by atoms with E-state index in [1.54, 1.807) is 6.07 Å². The number of non-ortho nitro benzene ring substituents is 1. The molecule has 1 fully saturated rings. The Bertz CT molecular complexity index is 993. The van der Waals surface area contributed by atoms with E-state index in [-0.39, 0.29) is 23.2 Å². The van der Waals surface area contributed by atoms with Gasteiger partial charge in [-0.25, -0.2) is 13.1 Å². The quantitative estimate of drug-likeness (QED) is 0.525. The summed E-state index contributed by atoms with van der Waals surface area (Å²) in [5.74, 6) is 0. The molecule has 2 aromatic carbocycles. The number of aryl methyl sites for hydroxylation is 1. The lowest BCUT2D eigenvalue weighted by molar-refractivity contribution is -0.385. The van der Waals surface area contributed by atoms with Crippen molar-refractivity contribution >= 4 is 27.3 Å². The van der Waals surface area contributed by atoms with Gasteiger partial charge < -0.3 is 4.74 Å². The fourth-order valence-corrected chi connectivity index (χ4v) is 4.84. The van der Waals surface area contributed by atoms with Gasteiger partial charge in [0.05, 0.1) is 23.0 Å². The number of nitro benzene ring substituents is 1. The highest BCUT2D eigenvalue weighted by molar-refractivity contribution is 7.89. The monoisotopic (exact) mass is 439 g/mol.